The van der Waals surface area contributed by atoms with Gasteiger partial charge in [0.15, 0.2) is 0 Å². The summed E-state index contributed by atoms with van der Waals surface area (Å²) in [5, 5.41) is 5.55. The van der Waals surface area contributed by atoms with Crippen LogP contribution in [0.15, 0.2) is 60.7 Å². The Bertz CT molecular complexity index is 672. The highest BCUT2D eigenvalue weighted by Crippen LogP contribution is 2.26. The molecule has 0 aromatic heterocycles. The van der Waals surface area contributed by atoms with Gasteiger partial charge in [0.25, 0.3) is 0 Å². The van der Waals surface area contributed by atoms with Crippen molar-refractivity contribution in [3.05, 3.63) is 71.8 Å². The van der Waals surface area contributed by atoms with Crippen molar-refractivity contribution in [2.45, 2.75) is 25.9 Å². The van der Waals surface area contributed by atoms with Gasteiger partial charge in [-0.05, 0) is 17.0 Å². The highest BCUT2D eigenvalue weighted by molar-refractivity contribution is 5.96. The number of carbonyl (C=O) groups is 2. The van der Waals surface area contributed by atoms with Crippen LogP contribution in [0.5, 0.6) is 0 Å². The van der Waals surface area contributed by atoms with Crippen LogP contribution >= 0.6 is 0 Å². The van der Waals surface area contributed by atoms with E-state index in [0.29, 0.717) is 0 Å². The smallest absolute Gasteiger partial charge is 0.318 e. The number of imide groups is 1. The second-order valence-corrected chi connectivity index (χ2v) is 6.00. The lowest BCUT2D eigenvalue weighted by Gasteiger charge is -2.28. The summed E-state index contributed by atoms with van der Waals surface area (Å²) in [5.41, 5.74) is 6.97. The van der Waals surface area contributed by atoms with Crippen molar-refractivity contribution in [3.63, 3.8) is 0 Å². The van der Waals surface area contributed by atoms with Crippen molar-refractivity contribution in [2.75, 3.05) is 0 Å². The molecule has 5 nitrogen and oxygen atoms in total. The first-order chi connectivity index (χ1) is 11.5. The second-order valence-electron chi connectivity index (χ2n) is 6.00. The van der Waals surface area contributed by atoms with E-state index in [1.165, 1.54) is 0 Å². The quantitative estimate of drug-likeness (QED) is 0.763. The van der Waals surface area contributed by atoms with Gasteiger partial charge in [0, 0.05) is 6.04 Å². The number of nitrogens with one attached hydrogen (secondary N) is 2. The van der Waals surface area contributed by atoms with Crippen LogP contribution in [0.1, 0.15) is 37.1 Å². The van der Waals surface area contributed by atoms with Gasteiger partial charge in [-0.25, -0.2) is 4.79 Å². The third kappa shape index (κ3) is 4.67. The molecule has 0 aliphatic carbocycles. The fraction of sp³-hybridized carbons (Fsp3) is 0.263. The zero-order valence-electron chi connectivity index (χ0n) is 13.9. The first-order valence-electron chi connectivity index (χ1n) is 7.95. The maximum Gasteiger partial charge on any atom is 0.318 e. The summed E-state index contributed by atoms with van der Waals surface area (Å²) >= 11 is 0. The zero-order chi connectivity index (χ0) is 17.5. The molecule has 0 heterocycles. The van der Waals surface area contributed by atoms with Crippen molar-refractivity contribution in [1.82, 2.24) is 10.6 Å². The van der Waals surface area contributed by atoms with Crippen LogP contribution in [0, 0.1) is 5.92 Å². The van der Waals surface area contributed by atoms with E-state index in [1.807, 2.05) is 60.7 Å². The molecular formula is C19H23N3O2. The number of urea groups is 1. The van der Waals surface area contributed by atoms with Gasteiger partial charge in [-0.3, -0.25) is 15.4 Å². The van der Waals surface area contributed by atoms with Crippen LogP contribution in [0.3, 0.4) is 0 Å². The van der Waals surface area contributed by atoms with Gasteiger partial charge in [0.05, 0.1) is 0 Å². The van der Waals surface area contributed by atoms with Gasteiger partial charge < -0.3 is 5.73 Å². The van der Waals surface area contributed by atoms with E-state index in [2.05, 4.69) is 24.5 Å². The molecule has 24 heavy (non-hydrogen) atoms. The zero-order valence-corrected chi connectivity index (χ0v) is 13.9. The Morgan fingerprint density at radius 1 is 0.875 bits per heavy atom. The summed E-state index contributed by atoms with van der Waals surface area (Å²) in [6, 6.07) is 17.6. The minimum absolute atomic E-state index is 0.0463. The van der Waals surface area contributed by atoms with Crippen LogP contribution in [0.2, 0.25) is 0 Å². The molecule has 2 rings (SSSR count). The third-order valence-electron chi connectivity index (χ3n) is 3.81. The molecule has 0 radical (unpaired) electrons. The van der Waals surface area contributed by atoms with Crippen LogP contribution in [0.4, 0.5) is 4.79 Å². The lowest BCUT2D eigenvalue weighted by molar-refractivity contribution is -0.122. The average Bonchev–Trinajstić information content (AvgIpc) is 2.56. The molecule has 0 saturated heterocycles. The maximum atomic E-state index is 12.5. The molecule has 3 amide bonds. The van der Waals surface area contributed by atoms with Gasteiger partial charge in [-0.2, -0.15) is 0 Å². The Hall–Kier alpha value is -2.66. The highest BCUT2D eigenvalue weighted by Gasteiger charge is 2.26. The van der Waals surface area contributed by atoms with Crippen molar-refractivity contribution >= 4 is 11.9 Å². The van der Waals surface area contributed by atoms with E-state index in [1.54, 1.807) is 0 Å². The molecule has 0 saturated carbocycles. The van der Waals surface area contributed by atoms with Gasteiger partial charge >= 0.3 is 6.03 Å². The van der Waals surface area contributed by atoms with Crippen molar-refractivity contribution in [3.8, 4) is 0 Å². The lowest BCUT2D eigenvalue weighted by Crippen LogP contribution is -2.44. The molecule has 2 atom stereocenters. The normalized spacial score (nSPS) is 13.3. The molecule has 0 fully saturated rings. The molecule has 0 aliphatic heterocycles. The molecule has 126 valence electrons. The Morgan fingerprint density at radius 3 is 1.83 bits per heavy atom. The predicted molar refractivity (Wildman–Crippen MR) is 94.1 cm³/mol. The number of primary amides is 1. The summed E-state index contributed by atoms with van der Waals surface area (Å²) in [6.07, 6.45) is 0. The van der Waals surface area contributed by atoms with Crippen LogP contribution in [-0.2, 0) is 4.79 Å². The monoisotopic (exact) mass is 325 g/mol. The Kier molecular flexibility index (Phi) is 6.09. The van der Waals surface area contributed by atoms with E-state index in [9.17, 15) is 9.59 Å². The molecule has 2 aromatic carbocycles. The number of rotatable bonds is 6. The first kappa shape index (κ1) is 17.7. The minimum Gasteiger partial charge on any atom is -0.351 e. The standard InChI is InChI=1S/C19H23N3O2/c1-13(2)16(14-9-5-3-6-10-14)21-17(18(23)22-19(20)24)15-11-7-4-8-12-15/h3-13,16-17,21H,1-2H3,(H3,20,22,23,24)/t16-,17-/m0/s1. The summed E-state index contributed by atoms with van der Waals surface area (Å²) in [5.74, 6) is -0.213. The maximum absolute atomic E-state index is 12.5. The first-order valence-corrected chi connectivity index (χ1v) is 7.95. The van der Waals surface area contributed by atoms with E-state index in [4.69, 9.17) is 5.73 Å². The van der Waals surface area contributed by atoms with E-state index >= 15 is 0 Å². The fourth-order valence-corrected chi connectivity index (χ4v) is 2.68. The molecule has 0 spiro atoms. The lowest BCUT2D eigenvalue weighted by atomic mass is 9.94. The number of carbonyl (C=O) groups excluding carboxylic acids is 2. The van der Waals surface area contributed by atoms with E-state index in [0.717, 1.165) is 11.1 Å². The number of hydrogen-bond acceptors (Lipinski definition) is 3. The SMILES string of the molecule is CC(C)[C@H](N[C@H](C(=O)NC(N)=O)c1ccccc1)c1ccccc1. The van der Waals surface area contributed by atoms with E-state index < -0.39 is 18.0 Å². The molecular weight excluding hydrogens is 302 g/mol. The van der Waals surface area contributed by atoms with Crippen LogP contribution in [0.25, 0.3) is 0 Å². The third-order valence-corrected chi connectivity index (χ3v) is 3.81. The van der Waals surface area contributed by atoms with E-state index in [-0.39, 0.29) is 12.0 Å². The summed E-state index contributed by atoms with van der Waals surface area (Å²) < 4.78 is 0. The van der Waals surface area contributed by atoms with Gasteiger partial charge in [-0.1, -0.05) is 74.5 Å². The topological polar surface area (TPSA) is 84.2 Å². The van der Waals surface area contributed by atoms with Crippen molar-refractivity contribution < 1.29 is 9.59 Å². The predicted octanol–water partition coefficient (Wildman–Crippen LogP) is 2.91. The molecule has 2 aromatic rings. The average molecular weight is 325 g/mol. The summed E-state index contributed by atoms with van der Waals surface area (Å²) in [6.45, 7) is 4.16. The summed E-state index contributed by atoms with van der Waals surface area (Å²) in [4.78, 5) is 23.6. The number of hydrogen-bond donors (Lipinski definition) is 3. The van der Waals surface area contributed by atoms with Gasteiger partial charge in [-0.15, -0.1) is 0 Å². The number of amides is 3. The molecule has 4 N–H and O–H groups in total. The van der Waals surface area contributed by atoms with Gasteiger partial charge in [0.2, 0.25) is 5.91 Å². The Balaban J connectivity index is 2.32. The van der Waals surface area contributed by atoms with Crippen molar-refractivity contribution in [2.24, 2.45) is 11.7 Å². The number of benzene rings is 2. The molecule has 0 bridgehead atoms. The highest BCUT2D eigenvalue weighted by atomic mass is 16.2. The van der Waals surface area contributed by atoms with Crippen molar-refractivity contribution in [1.29, 1.82) is 0 Å². The second kappa shape index (κ2) is 8.26. The van der Waals surface area contributed by atoms with Crippen LogP contribution in [-0.4, -0.2) is 11.9 Å². The Labute approximate surface area is 142 Å². The minimum atomic E-state index is -0.858. The largest absolute Gasteiger partial charge is 0.351 e. The number of nitrogens with two attached hydrogens (primary N) is 1. The summed E-state index contributed by atoms with van der Waals surface area (Å²) in [7, 11) is 0. The Morgan fingerprint density at radius 2 is 1.38 bits per heavy atom. The molecule has 0 unspecified atom stereocenters. The fourth-order valence-electron chi connectivity index (χ4n) is 2.68. The molecule has 0 aliphatic rings. The molecule has 5 heteroatoms. The van der Waals surface area contributed by atoms with Gasteiger partial charge in [0.1, 0.15) is 6.04 Å². The van der Waals surface area contributed by atoms with Crippen LogP contribution < -0.4 is 16.4 Å².